The minimum atomic E-state index is -1.73. The summed E-state index contributed by atoms with van der Waals surface area (Å²) in [6, 6.07) is 0. The molecule has 0 aromatic carbocycles. The van der Waals surface area contributed by atoms with Gasteiger partial charge in [-0.25, -0.2) is 4.79 Å². The van der Waals surface area contributed by atoms with E-state index in [0.717, 1.165) is 25.7 Å². The summed E-state index contributed by atoms with van der Waals surface area (Å²) in [5.74, 6) is -0.215. The van der Waals surface area contributed by atoms with Gasteiger partial charge in [-0.05, 0) is 39.4 Å². The fraction of sp³-hybridized carbons (Fsp3) is 0.786. The van der Waals surface area contributed by atoms with Gasteiger partial charge in [0.2, 0.25) is 5.79 Å². The highest BCUT2D eigenvalue weighted by molar-refractivity contribution is 8.04. The molecule has 0 bridgehead atoms. The van der Waals surface area contributed by atoms with Crippen LogP contribution in [0, 0.1) is 0 Å². The van der Waals surface area contributed by atoms with Crippen LogP contribution < -0.4 is 0 Å². The molecule has 1 aliphatic heterocycles. The van der Waals surface area contributed by atoms with E-state index in [1.165, 1.54) is 7.11 Å². The molecule has 2 rings (SSSR count). The largest absolute Gasteiger partial charge is 0.465 e. The molecule has 0 spiro atoms. The van der Waals surface area contributed by atoms with Gasteiger partial charge < -0.3 is 13.9 Å². The Bertz CT molecular complexity index is 429. The maximum atomic E-state index is 11.8. The van der Waals surface area contributed by atoms with E-state index in [-0.39, 0.29) is 11.2 Å². The Balaban J connectivity index is 2.31. The van der Waals surface area contributed by atoms with Gasteiger partial charge in [0.05, 0.1) is 12.4 Å². The van der Waals surface area contributed by atoms with Crippen molar-refractivity contribution in [3.05, 3.63) is 10.7 Å². The minimum Gasteiger partial charge on any atom is -0.465 e. The summed E-state index contributed by atoms with van der Waals surface area (Å²) < 4.78 is 17.4. The summed E-state index contributed by atoms with van der Waals surface area (Å²) in [6.07, 6.45) is 4.19. The number of methoxy groups -OCH3 is 1. The van der Waals surface area contributed by atoms with E-state index in [1.807, 2.05) is 6.92 Å². The first-order chi connectivity index (χ1) is 9.27. The predicted molar refractivity (Wildman–Crippen MR) is 82.8 cm³/mol. The molecule has 2 atom stereocenters. The molecule has 114 valence electrons. The van der Waals surface area contributed by atoms with Gasteiger partial charge in [-0.2, -0.15) is 0 Å². The second-order valence-corrected chi connectivity index (χ2v) is 12.0. The molecular formula is C14H24O4SSi. The number of carbonyl (C=O) groups is 1. The van der Waals surface area contributed by atoms with Crippen LogP contribution in [-0.2, 0) is 18.7 Å². The number of rotatable bonds is 3. The normalized spacial score (nSPS) is 30.6. The SMILES string of the molecule is COC(=O)C1=C(C)O[C@@]2(O[Si](C)(C)C)CCCC[C@H]2S1. The third-order valence-electron chi connectivity index (χ3n) is 3.49. The third kappa shape index (κ3) is 3.23. The van der Waals surface area contributed by atoms with Gasteiger partial charge in [0, 0.05) is 6.42 Å². The molecule has 0 N–H and O–H groups in total. The van der Waals surface area contributed by atoms with Crippen molar-refractivity contribution in [2.24, 2.45) is 0 Å². The summed E-state index contributed by atoms with van der Waals surface area (Å²) in [4.78, 5) is 12.4. The standard InChI is InChI=1S/C14H24O4SSi/c1-10-12(13(15)16-2)19-11-8-6-7-9-14(11,17-10)18-20(3,4)5/h11H,6-9H2,1-5H3/t11-,14-/m1/s1. The van der Waals surface area contributed by atoms with Crippen molar-refractivity contribution in [1.29, 1.82) is 0 Å². The lowest BCUT2D eigenvalue weighted by molar-refractivity contribution is -0.179. The van der Waals surface area contributed by atoms with Crippen molar-refractivity contribution in [3.63, 3.8) is 0 Å². The lowest BCUT2D eigenvalue weighted by Crippen LogP contribution is -2.54. The number of hydrogen-bond acceptors (Lipinski definition) is 5. The van der Waals surface area contributed by atoms with Crippen LogP contribution in [0.2, 0.25) is 19.6 Å². The van der Waals surface area contributed by atoms with Crippen molar-refractivity contribution >= 4 is 26.0 Å². The Morgan fingerprint density at radius 1 is 1.40 bits per heavy atom. The zero-order chi connectivity index (χ0) is 15.0. The number of esters is 1. The molecule has 0 aromatic rings. The minimum absolute atomic E-state index is 0.181. The van der Waals surface area contributed by atoms with E-state index in [9.17, 15) is 4.79 Å². The molecule has 0 amide bonds. The van der Waals surface area contributed by atoms with Crippen LogP contribution in [0.25, 0.3) is 0 Å². The van der Waals surface area contributed by atoms with E-state index in [0.29, 0.717) is 10.7 Å². The van der Waals surface area contributed by atoms with Crippen LogP contribution in [-0.4, -0.2) is 32.4 Å². The molecule has 6 heteroatoms. The Morgan fingerprint density at radius 3 is 2.70 bits per heavy atom. The highest BCUT2D eigenvalue weighted by atomic mass is 32.2. The van der Waals surface area contributed by atoms with Gasteiger partial charge in [-0.15, -0.1) is 11.8 Å². The molecule has 1 aliphatic carbocycles. The second-order valence-electron chi connectivity index (χ2n) is 6.36. The second kappa shape index (κ2) is 5.73. The Hall–Kier alpha value is -0.463. The summed E-state index contributed by atoms with van der Waals surface area (Å²) >= 11 is 1.57. The van der Waals surface area contributed by atoms with Gasteiger partial charge in [-0.1, -0.05) is 6.42 Å². The van der Waals surface area contributed by atoms with Crippen molar-refractivity contribution in [1.82, 2.24) is 0 Å². The first-order valence-electron chi connectivity index (χ1n) is 7.12. The molecular weight excluding hydrogens is 292 g/mol. The molecule has 20 heavy (non-hydrogen) atoms. The highest BCUT2D eigenvalue weighted by Gasteiger charge is 2.51. The van der Waals surface area contributed by atoms with Gasteiger partial charge in [-0.3, -0.25) is 0 Å². The Morgan fingerprint density at radius 2 is 2.10 bits per heavy atom. The monoisotopic (exact) mass is 316 g/mol. The zero-order valence-corrected chi connectivity index (χ0v) is 14.8. The van der Waals surface area contributed by atoms with E-state index in [2.05, 4.69) is 19.6 Å². The van der Waals surface area contributed by atoms with Crippen LogP contribution in [0.4, 0.5) is 0 Å². The molecule has 1 heterocycles. The van der Waals surface area contributed by atoms with Crippen LogP contribution >= 0.6 is 11.8 Å². The average molecular weight is 316 g/mol. The van der Waals surface area contributed by atoms with E-state index >= 15 is 0 Å². The maximum absolute atomic E-state index is 11.8. The Labute approximate surface area is 126 Å². The number of fused-ring (bicyclic) bond motifs is 1. The number of allylic oxidation sites excluding steroid dienone is 1. The maximum Gasteiger partial charge on any atom is 0.347 e. The van der Waals surface area contributed by atoms with E-state index in [1.54, 1.807) is 11.8 Å². The number of hydrogen-bond donors (Lipinski definition) is 0. The van der Waals surface area contributed by atoms with Gasteiger partial charge in [0.15, 0.2) is 8.32 Å². The molecule has 0 unspecified atom stereocenters. The summed E-state index contributed by atoms with van der Waals surface area (Å²) in [5, 5.41) is 0.181. The third-order valence-corrected chi connectivity index (χ3v) is 6.01. The fourth-order valence-corrected chi connectivity index (χ4v) is 5.58. The van der Waals surface area contributed by atoms with E-state index < -0.39 is 14.1 Å². The smallest absolute Gasteiger partial charge is 0.347 e. The molecule has 2 aliphatic rings. The van der Waals surface area contributed by atoms with Crippen LogP contribution in [0.5, 0.6) is 0 Å². The fourth-order valence-electron chi connectivity index (χ4n) is 2.82. The van der Waals surface area contributed by atoms with Gasteiger partial charge >= 0.3 is 5.97 Å². The summed E-state index contributed by atoms with van der Waals surface area (Å²) in [6.45, 7) is 8.36. The lowest BCUT2D eigenvalue weighted by atomic mass is 9.93. The van der Waals surface area contributed by atoms with Crippen LogP contribution in [0.3, 0.4) is 0 Å². The average Bonchev–Trinajstić information content (AvgIpc) is 2.34. The molecule has 0 radical (unpaired) electrons. The molecule has 4 nitrogen and oxygen atoms in total. The lowest BCUT2D eigenvalue weighted by Gasteiger charge is -2.49. The molecule has 1 fully saturated rings. The molecule has 1 saturated carbocycles. The quantitative estimate of drug-likeness (QED) is 0.587. The number of carbonyl (C=O) groups excluding carboxylic acids is 1. The molecule has 0 aromatic heterocycles. The summed E-state index contributed by atoms with van der Waals surface area (Å²) in [5.41, 5.74) is 0. The van der Waals surface area contributed by atoms with E-state index in [4.69, 9.17) is 13.9 Å². The first kappa shape index (κ1) is 15.9. The Kier molecular flexibility index (Phi) is 4.56. The van der Waals surface area contributed by atoms with Crippen molar-refractivity contribution in [3.8, 4) is 0 Å². The van der Waals surface area contributed by atoms with Crippen LogP contribution in [0.1, 0.15) is 32.6 Å². The molecule has 0 saturated heterocycles. The van der Waals surface area contributed by atoms with Crippen molar-refractivity contribution < 1.29 is 18.7 Å². The predicted octanol–water partition coefficient (Wildman–Crippen LogP) is 3.64. The van der Waals surface area contributed by atoms with Gasteiger partial charge in [0.25, 0.3) is 0 Å². The van der Waals surface area contributed by atoms with Gasteiger partial charge in [0.1, 0.15) is 10.7 Å². The number of thioether (sulfide) groups is 1. The topological polar surface area (TPSA) is 44.8 Å². The van der Waals surface area contributed by atoms with Crippen molar-refractivity contribution in [2.45, 2.75) is 63.3 Å². The zero-order valence-electron chi connectivity index (χ0n) is 12.9. The van der Waals surface area contributed by atoms with Crippen LogP contribution in [0.15, 0.2) is 10.7 Å². The highest BCUT2D eigenvalue weighted by Crippen LogP contribution is 2.49. The van der Waals surface area contributed by atoms with Crippen molar-refractivity contribution in [2.75, 3.05) is 7.11 Å². The summed E-state index contributed by atoms with van der Waals surface area (Å²) in [7, 11) is -0.319. The first-order valence-corrected chi connectivity index (χ1v) is 11.4. The number of ether oxygens (including phenoxy) is 2.